The first-order chi connectivity index (χ1) is 32.0. The molecule has 8 aromatic rings. The van der Waals surface area contributed by atoms with Gasteiger partial charge in [-0.1, -0.05) is 0 Å². The van der Waals surface area contributed by atoms with E-state index in [2.05, 4.69) is 56.2 Å². The molecule has 344 valence electrons. The smallest absolute Gasteiger partial charge is 0.360 e. The summed E-state index contributed by atoms with van der Waals surface area (Å²) in [4.78, 5) is 44.0. The fraction of sp³-hybridized carbons (Fsp3) is 0.391. The van der Waals surface area contributed by atoms with E-state index in [1.54, 1.807) is 55.4 Å². The van der Waals surface area contributed by atoms with Crippen LogP contribution in [0.1, 0.15) is 75.7 Å². The Morgan fingerprint density at radius 3 is 1.77 bits per heavy atom. The van der Waals surface area contributed by atoms with Crippen LogP contribution in [0, 0.1) is 18.8 Å². The molecular formula is C46H48Br2N10O8. The highest BCUT2D eigenvalue weighted by atomic mass is 79.9. The number of hydrogen-bond acceptors (Lipinski definition) is 13. The first-order valence-electron chi connectivity index (χ1n) is 21.5. The molecule has 20 heteroatoms. The van der Waals surface area contributed by atoms with Crippen molar-refractivity contribution in [2.75, 3.05) is 47.8 Å². The average Bonchev–Trinajstić information content (AvgIpc) is 4.07. The van der Waals surface area contributed by atoms with E-state index in [-0.39, 0.29) is 35.3 Å². The zero-order valence-electron chi connectivity index (χ0n) is 37.2. The lowest BCUT2D eigenvalue weighted by atomic mass is 9.88. The molecule has 1 N–H and O–H groups in total. The zero-order chi connectivity index (χ0) is 46.4. The van der Waals surface area contributed by atoms with Gasteiger partial charge in [0.25, 0.3) is 0 Å². The molecule has 0 bridgehead atoms. The van der Waals surface area contributed by atoms with Crippen molar-refractivity contribution in [2.24, 2.45) is 25.9 Å². The number of halogens is 2. The zero-order valence-corrected chi connectivity index (χ0v) is 40.4. The van der Waals surface area contributed by atoms with Gasteiger partial charge in [-0.2, -0.15) is 10.2 Å². The Morgan fingerprint density at radius 2 is 1.23 bits per heavy atom. The van der Waals surface area contributed by atoms with Crippen LogP contribution >= 0.6 is 31.9 Å². The van der Waals surface area contributed by atoms with Gasteiger partial charge in [-0.25, -0.2) is 9.59 Å². The number of hydrogen-bond donors (Lipinski definition) is 1. The third-order valence-electron chi connectivity index (χ3n) is 12.7. The van der Waals surface area contributed by atoms with E-state index >= 15 is 0 Å². The number of carbonyl (C=O) groups is 2. The van der Waals surface area contributed by atoms with Gasteiger partial charge < -0.3 is 37.9 Å². The lowest BCUT2D eigenvalue weighted by Crippen LogP contribution is -2.28. The van der Waals surface area contributed by atoms with E-state index in [1.165, 1.54) is 7.11 Å². The van der Waals surface area contributed by atoms with E-state index in [0.29, 0.717) is 60.0 Å². The number of carboxylic acids is 1. The minimum Gasteiger partial charge on any atom is -0.495 e. The van der Waals surface area contributed by atoms with Crippen LogP contribution < -0.4 is 9.47 Å². The van der Waals surface area contributed by atoms with Gasteiger partial charge in [0.15, 0.2) is 11.4 Å². The number of ether oxygens (including phenoxy) is 5. The van der Waals surface area contributed by atoms with Crippen LogP contribution in [0.2, 0.25) is 0 Å². The number of pyridine rings is 4. The molecule has 10 rings (SSSR count). The lowest BCUT2D eigenvalue weighted by molar-refractivity contribution is 0.0540. The van der Waals surface area contributed by atoms with Crippen LogP contribution in [-0.2, 0) is 28.3 Å². The normalized spacial score (nSPS) is 15.8. The molecule has 2 unspecified atom stereocenters. The molecule has 0 aromatic carbocycles. The van der Waals surface area contributed by atoms with Crippen molar-refractivity contribution in [3.63, 3.8) is 0 Å². The maximum Gasteiger partial charge on any atom is 0.360 e. The number of esters is 1. The van der Waals surface area contributed by atoms with Gasteiger partial charge in [0.2, 0.25) is 0 Å². The summed E-state index contributed by atoms with van der Waals surface area (Å²) in [5, 5.41) is 18.9. The minimum atomic E-state index is -1.08. The molecule has 0 amide bonds. The van der Waals surface area contributed by atoms with Crippen molar-refractivity contribution in [1.82, 2.24) is 48.6 Å². The number of aromatic nitrogens is 10. The molecule has 10 heterocycles. The van der Waals surface area contributed by atoms with Gasteiger partial charge in [-0.3, -0.25) is 29.3 Å². The van der Waals surface area contributed by atoms with Crippen molar-refractivity contribution in [1.29, 1.82) is 0 Å². The quantitative estimate of drug-likeness (QED) is 0.129. The number of methoxy groups -OCH3 is 3. The van der Waals surface area contributed by atoms with Crippen molar-refractivity contribution in [3.05, 3.63) is 92.4 Å². The summed E-state index contributed by atoms with van der Waals surface area (Å²) in [5.74, 6) is 0.121. The molecule has 0 radical (unpaired) electrons. The summed E-state index contributed by atoms with van der Waals surface area (Å²) in [7, 11) is 8.20. The van der Waals surface area contributed by atoms with E-state index in [1.807, 2.05) is 44.3 Å². The summed E-state index contributed by atoms with van der Waals surface area (Å²) in [6.07, 6.45) is 10.3. The van der Waals surface area contributed by atoms with E-state index < -0.39 is 11.9 Å². The summed E-state index contributed by atoms with van der Waals surface area (Å²) in [5.41, 5.74) is 8.63. The van der Waals surface area contributed by atoms with Gasteiger partial charge in [0.1, 0.15) is 56.0 Å². The summed E-state index contributed by atoms with van der Waals surface area (Å²) in [6, 6.07) is 9.00. The van der Waals surface area contributed by atoms with Crippen LogP contribution in [-0.4, -0.2) is 113 Å². The first kappa shape index (κ1) is 45.2. The summed E-state index contributed by atoms with van der Waals surface area (Å²) >= 11 is 7.19. The Bertz CT molecular complexity index is 3130. The number of aromatic carboxylic acids is 1. The molecule has 66 heavy (non-hydrogen) atoms. The third kappa shape index (κ3) is 7.76. The molecule has 2 fully saturated rings. The van der Waals surface area contributed by atoms with Crippen LogP contribution in [0.3, 0.4) is 0 Å². The second kappa shape index (κ2) is 18.7. The number of carboxylic acid groups (broad SMARTS) is 1. The van der Waals surface area contributed by atoms with Crippen molar-refractivity contribution in [3.8, 4) is 11.5 Å². The molecule has 8 aromatic heterocycles. The second-order valence-electron chi connectivity index (χ2n) is 16.3. The fourth-order valence-electron chi connectivity index (χ4n) is 9.79. The van der Waals surface area contributed by atoms with Crippen molar-refractivity contribution < 1.29 is 38.4 Å². The molecular weight excluding hydrogens is 980 g/mol. The number of rotatable bonds is 10. The van der Waals surface area contributed by atoms with Crippen molar-refractivity contribution in [2.45, 2.75) is 44.7 Å². The number of aryl methyl sites for hydroxylation is 3. The molecule has 2 saturated heterocycles. The summed E-state index contributed by atoms with van der Waals surface area (Å²) < 4.78 is 37.0. The predicted octanol–water partition coefficient (Wildman–Crippen LogP) is 8.00. The molecule has 2 aliphatic rings. The minimum absolute atomic E-state index is 0.00650. The number of fused-ring (bicyclic) bond motifs is 6. The second-order valence-corrected chi connectivity index (χ2v) is 18.1. The SMILES string of the molecule is COC(=O)c1nn(C)c2c3ncc(Br)cc3n(C(c3ncccc3OC)C3CCOCC3)c12.COc1cccnc1C(C1CCOCC1)n1c2c(C)c(Br)cnc2c2c1c(C(=O)O)nn2C. The van der Waals surface area contributed by atoms with E-state index in [9.17, 15) is 14.7 Å². The third-order valence-corrected chi connectivity index (χ3v) is 13.9. The van der Waals surface area contributed by atoms with Crippen LogP contribution in [0.15, 0.2) is 64.1 Å². The Labute approximate surface area is 395 Å². The van der Waals surface area contributed by atoms with Crippen LogP contribution in [0.4, 0.5) is 0 Å². The molecule has 0 spiro atoms. The molecule has 0 aliphatic carbocycles. The topological polar surface area (TPSA) is 198 Å². The molecule has 2 atom stereocenters. The van der Waals surface area contributed by atoms with Gasteiger partial charge >= 0.3 is 11.9 Å². The Kier molecular flexibility index (Phi) is 12.8. The Hall–Kier alpha value is -5.96. The molecule has 18 nitrogen and oxygen atoms in total. The number of nitrogens with zero attached hydrogens (tertiary/aromatic N) is 10. The Morgan fingerprint density at radius 1 is 0.712 bits per heavy atom. The van der Waals surface area contributed by atoms with Gasteiger partial charge in [0, 0.05) is 74.3 Å². The van der Waals surface area contributed by atoms with Crippen molar-refractivity contribution >= 4 is 87.9 Å². The summed E-state index contributed by atoms with van der Waals surface area (Å²) in [6.45, 7) is 4.61. The highest BCUT2D eigenvalue weighted by Gasteiger charge is 2.38. The maximum absolute atomic E-state index is 12.8. The standard InChI is InChI=1S/2C23H24BrN5O4/c1-28-21-17-15(11-14(24)12-26-17)29(22(21)19(27-28)23(30)32-3)20(13-6-9-33-10-7-13)18-16(31-2)5-4-8-25-18;1-12-14(24)11-26-17-19(12)29(22-18(23(30)31)27-28(2)21(17)22)20(13-6-9-33-10-7-13)16-15(32-3)5-4-8-25-16/h4-5,8,11-13,20H,6-7,9-10H2,1-3H3;4-5,8,11,13,20H,6-7,9-10H2,1-3H3,(H,30,31). The van der Waals surface area contributed by atoms with Gasteiger partial charge in [0.05, 0.1) is 44.4 Å². The highest BCUT2D eigenvalue weighted by molar-refractivity contribution is 9.10. The first-order valence-corrected chi connectivity index (χ1v) is 23.1. The monoisotopic (exact) mass is 1030 g/mol. The van der Waals surface area contributed by atoms with Gasteiger partial charge in [-0.15, -0.1) is 0 Å². The average molecular weight is 1030 g/mol. The lowest BCUT2D eigenvalue weighted by Gasteiger charge is -2.33. The maximum atomic E-state index is 12.8. The fourth-order valence-corrected chi connectivity index (χ4v) is 10.4. The predicted molar refractivity (Wildman–Crippen MR) is 251 cm³/mol. The Balaban J connectivity index is 0.000000166. The highest BCUT2D eigenvalue weighted by Crippen LogP contribution is 2.46. The molecule has 0 saturated carbocycles. The largest absolute Gasteiger partial charge is 0.495 e. The van der Waals surface area contributed by atoms with E-state index in [0.717, 1.165) is 73.6 Å². The molecule has 2 aliphatic heterocycles. The number of carbonyl (C=O) groups excluding carboxylic acids is 1. The van der Waals surface area contributed by atoms with Gasteiger partial charge in [-0.05, 0) is 112 Å². The van der Waals surface area contributed by atoms with E-state index in [4.69, 9.17) is 38.6 Å². The van der Waals surface area contributed by atoms with Crippen LogP contribution in [0.25, 0.3) is 44.1 Å². The van der Waals surface area contributed by atoms with Crippen LogP contribution in [0.5, 0.6) is 11.5 Å².